The van der Waals surface area contributed by atoms with E-state index in [1.54, 1.807) is 12.1 Å². The number of aromatic nitrogens is 2. The normalized spacial score (nSPS) is 10.8. The summed E-state index contributed by atoms with van der Waals surface area (Å²) < 4.78 is 10.2. The van der Waals surface area contributed by atoms with Gasteiger partial charge in [-0.1, -0.05) is 31.1 Å². The molecule has 0 aliphatic carbocycles. The second kappa shape index (κ2) is 6.99. The first-order valence-electron chi connectivity index (χ1n) is 7.63. The zero-order valence-corrected chi connectivity index (χ0v) is 13.4. The summed E-state index contributed by atoms with van der Waals surface area (Å²) in [5, 5.41) is 9.74. The minimum absolute atomic E-state index is 0.223. The Morgan fingerprint density at radius 2 is 2.00 bits per heavy atom. The lowest BCUT2D eigenvalue weighted by atomic mass is 10.2. The van der Waals surface area contributed by atoms with Crippen molar-refractivity contribution in [1.82, 2.24) is 10.1 Å². The van der Waals surface area contributed by atoms with Crippen molar-refractivity contribution >= 4 is 17.6 Å². The van der Waals surface area contributed by atoms with Crippen LogP contribution in [0.1, 0.15) is 41.7 Å². The summed E-state index contributed by atoms with van der Waals surface area (Å²) in [7, 11) is 0. The second-order valence-corrected chi connectivity index (χ2v) is 5.59. The molecule has 0 radical (unpaired) electrons. The van der Waals surface area contributed by atoms with Crippen LogP contribution in [-0.4, -0.2) is 16.0 Å². The third-order valence-electron chi connectivity index (χ3n) is 3.36. The van der Waals surface area contributed by atoms with E-state index in [0.717, 1.165) is 5.56 Å². The molecular formula is C17H18N4O3. The zero-order chi connectivity index (χ0) is 16.9. The van der Waals surface area contributed by atoms with E-state index in [1.807, 2.05) is 38.1 Å². The molecule has 7 nitrogen and oxygen atoms in total. The molecule has 0 fully saturated rings. The van der Waals surface area contributed by atoms with E-state index >= 15 is 0 Å². The Morgan fingerprint density at radius 3 is 2.62 bits per heavy atom. The van der Waals surface area contributed by atoms with Gasteiger partial charge in [0.1, 0.15) is 0 Å². The molecule has 7 heteroatoms. The fourth-order valence-corrected chi connectivity index (χ4v) is 2.03. The minimum atomic E-state index is -0.280. The summed E-state index contributed by atoms with van der Waals surface area (Å²) in [6, 6.07) is 11.1. The molecule has 0 saturated carbocycles. The average Bonchev–Trinajstić information content (AvgIpc) is 3.26. The van der Waals surface area contributed by atoms with Crippen LogP contribution in [0.5, 0.6) is 0 Å². The first-order valence-corrected chi connectivity index (χ1v) is 7.63. The van der Waals surface area contributed by atoms with E-state index in [0.29, 0.717) is 24.1 Å². The molecule has 2 N–H and O–H groups in total. The van der Waals surface area contributed by atoms with E-state index in [2.05, 4.69) is 20.8 Å². The third kappa shape index (κ3) is 3.81. The van der Waals surface area contributed by atoms with Crippen LogP contribution in [0.3, 0.4) is 0 Å². The van der Waals surface area contributed by atoms with Gasteiger partial charge >= 0.3 is 6.01 Å². The van der Waals surface area contributed by atoms with Crippen LogP contribution in [0.2, 0.25) is 0 Å². The molecular weight excluding hydrogens is 308 g/mol. The fourth-order valence-electron chi connectivity index (χ4n) is 2.03. The van der Waals surface area contributed by atoms with Gasteiger partial charge in [0.05, 0.1) is 6.26 Å². The van der Waals surface area contributed by atoms with Gasteiger partial charge in [0.15, 0.2) is 11.6 Å². The number of amides is 1. The molecule has 1 aromatic carbocycles. The number of furan rings is 1. The highest BCUT2D eigenvalue weighted by Gasteiger charge is 2.10. The van der Waals surface area contributed by atoms with Gasteiger partial charge in [0.2, 0.25) is 0 Å². The summed E-state index contributed by atoms with van der Waals surface area (Å²) in [4.78, 5) is 16.1. The van der Waals surface area contributed by atoms with Crippen LogP contribution in [-0.2, 0) is 6.54 Å². The number of benzene rings is 1. The fraction of sp³-hybridized carbons (Fsp3) is 0.235. The van der Waals surface area contributed by atoms with Crippen molar-refractivity contribution in [3.63, 3.8) is 0 Å². The molecule has 0 unspecified atom stereocenters. The maximum absolute atomic E-state index is 11.9. The Labute approximate surface area is 139 Å². The predicted octanol–water partition coefficient (Wildman–Crippen LogP) is 3.65. The van der Waals surface area contributed by atoms with E-state index in [4.69, 9.17) is 8.94 Å². The maximum Gasteiger partial charge on any atom is 0.321 e. The Hall–Kier alpha value is -3.09. The standard InChI is InChI=1S/C17H18N4O3/c1-11(2)15-20-17(24-21-15)18-10-12-5-7-13(8-6-12)19-16(22)14-4-3-9-23-14/h3-9,11H,10H2,1-2H3,(H,19,22)(H,18,20,21). The highest BCUT2D eigenvalue weighted by molar-refractivity contribution is 6.02. The van der Waals surface area contributed by atoms with Gasteiger partial charge in [-0.2, -0.15) is 4.98 Å². The predicted molar refractivity (Wildman–Crippen MR) is 88.8 cm³/mol. The molecule has 2 heterocycles. The highest BCUT2D eigenvalue weighted by Crippen LogP contribution is 2.15. The van der Waals surface area contributed by atoms with Crippen molar-refractivity contribution in [3.8, 4) is 0 Å². The summed E-state index contributed by atoms with van der Waals surface area (Å²) in [5.74, 6) is 0.894. The van der Waals surface area contributed by atoms with Gasteiger partial charge in [-0.3, -0.25) is 4.79 Å². The number of hydrogen-bond donors (Lipinski definition) is 2. The molecule has 24 heavy (non-hydrogen) atoms. The van der Waals surface area contributed by atoms with E-state index in [-0.39, 0.29) is 17.6 Å². The molecule has 124 valence electrons. The van der Waals surface area contributed by atoms with Crippen LogP contribution in [0.25, 0.3) is 0 Å². The largest absolute Gasteiger partial charge is 0.459 e. The van der Waals surface area contributed by atoms with Crippen LogP contribution < -0.4 is 10.6 Å². The van der Waals surface area contributed by atoms with Gasteiger partial charge in [0.25, 0.3) is 5.91 Å². The van der Waals surface area contributed by atoms with E-state index in [1.165, 1.54) is 6.26 Å². The molecule has 1 amide bonds. The number of nitrogens with zero attached hydrogens (tertiary/aromatic N) is 2. The van der Waals surface area contributed by atoms with Crippen LogP contribution in [0, 0.1) is 0 Å². The number of carbonyl (C=O) groups excluding carboxylic acids is 1. The number of anilines is 2. The molecule has 0 saturated heterocycles. The average molecular weight is 326 g/mol. The first kappa shape index (κ1) is 15.8. The summed E-state index contributed by atoms with van der Waals surface area (Å²) in [6.07, 6.45) is 1.46. The van der Waals surface area contributed by atoms with Crippen LogP contribution >= 0.6 is 0 Å². The molecule has 2 aromatic heterocycles. The minimum Gasteiger partial charge on any atom is -0.459 e. The topological polar surface area (TPSA) is 93.2 Å². The van der Waals surface area contributed by atoms with Crippen LogP contribution in [0.15, 0.2) is 51.6 Å². The smallest absolute Gasteiger partial charge is 0.321 e. The van der Waals surface area contributed by atoms with Gasteiger partial charge in [-0.05, 0) is 29.8 Å². The second-order valence-electron chi connectivity index (χ2n) is 5.59. The molecule has 3 aromatic rings. The molecule has 0 spiro atoms. The number of nitrogens with one attached hydrogen (secondary N) is 2. The summed E-state index contributed by atoms with van der Waals surface area (Å²) >= 11 is 0. The SMILES string of the molecule is CC(C)c1noc(NCc2ccc(NC(=O)c3ccco3)cc2)n1. The maximum atomic E-state index is 11.9. The van der Waals surface area contributed by atoms with Gasteiger partial charge in [-0.15, -0.1) is 0 Å². The Bertz CT molecular complexity index is 792. The first-order chi connectivity index (χ1) is 11.6. The van der Waals surface area contributed by atoms with Crippen LogP contribution in [0.4, 0.5) is 11.7 Å². The van der Waals surface area contributed by atoms with Crippen molar-refractivity contribution in [2.75, 3.05) is 10.6 Å². The lowest BCUT2D eigenvalue weighted by Crippen LogP contribution is -2.10. The van der Waals surface area contributed by atoms with Crippen molar-refractivity contribution < 1.29 is 13.7 Å². The Kier molecular flexibility index (Phi) is 4.60. The monoisotopic (exact) mass is 326 g/mol. The lowest BCUT2D eigenvalue weighted by molar-refractivity contribution is 0.0996. The Balaban J connectivity index is 1.55. The Morgan fingerprint density at radius 1 is 1.21 bits per heavy atom. The van der Waals surface area contributed by atoms with Gasteiger partial charge < -0.3 is 19.6 Å². The quantitative estimate of drug-likeness (QED) is 0.718. The van der Waals surface area contributed by atoms with Crippen molar-refractivity contribution in [2.24, 2.45) is 0 Å². The molecule has 0 bridgehead atoms. The third-order valence-corrected chi connectivity index (χ3v) is 3.36. The van der Waals surface area contributed by atoms with Gasteiger partial charge in [0, 0.05) is 18.2 Å². The highest BCUT2D eigenvalue weighted by atomic mass is 16.5. The van der Waals surface area contributed by atoms with E-state index in [9.17, 15) is 4.79 Å². The molecule has 0 atom stereocenters. The molecule has 0 aliphatic rings. The number of hydrogen-bond acceptors (Lipinski definition) is 6. The number of carbonyl (C=O) groups is 1. The summed E-state index contributed by atoms with van der Waals surface area (Å²) in [5.41, 5.74) is 1.72. The molecule has 0 aliphatic heterocycles. The van der Waals surface area contributed by atoms with E-state index < -0.39 is 0 Å². The molecule has 3 rings (SSSR count). The number of rotatable bonds is 6. The zero-order valence-electron chi connectivity index (χ0n) is 13.4. The van der Waals surface area contributed by atoms with Crippen molar-refractivity contribution in [1.29, 1.82) is 0 Å². The van der Waals surface area contributed by atoms with Crippen molar-refractivity contribution in [2.45, 2.75) is 26.3 Å². The van der Waals surface area contributed by atoms with Crippen molar-refractivity contribution in [3.05, 3.63) is 59.8 Å². The summed E-state index contributed by atoms with van der Waals surface area (Å²) in [6.45, 7) is 4.56. The van der Waals surface area contributed by atoms with Gasteiger partial charge in [-0.25, -0.2) is 0 Å². The lowest BCUT2D eigenvalue weighted by Gasteiger charge is -2.05.